The van der Waals surface area contributed by atoms with Gasteiger partial charge in [0.25, 0.3) is 11.5 Å². The van der Waals surface area contributed by atoms with E-state index in [-0.39, 0.29) is 23.1 Å². The van der Waals surface area contributed by atoms with Crippen LogP contribution in [0.1, 0.15) is 17.3 Å². The van der Waals surface area contributed by atoms with Crippen LogP contribution in [0.3, 0.4) is 0 Å². The predicted octanol–water partition coefficient (Wildman–Crippen LogP) is -0.127. The number of nitrogens with zero attached hydrogens (tertiary/aromatic N) is 3. The van der Waals surface area contributed by atoms with Crippen molar-refractivity contribution < 1.29 is 9.59 Å². The van der Waals surface area contributed by atoms with E-state index in [4.69, 9.17) is 0 Å². The van der Waals surface area contributed by atoms with E-state index in [1.54, 1.807) is 35.2 Å². The summed E-state index contributed by atoms with van der Waals surface area (Å²) in [6.07, 6.45) is 1.62. The third kappa shape index (κ3) is 3.24. The summed E-state index contributed by atoms with van der Waals surface area (Å²) >= 11 is 0. The molecule has 7 nitrogen and oxygen atoms in total. The van der Waals surface area contributed by atoms with Crippen molar-refractivity contribution in [2.45, 2.75) is 6.92 Å². The van der Waals surface area contributed by atoms with Crippen LogP contribution in [0, 0.1) is 0 Å². The molecule has 1 saturated heterocycles. The highest BCUT2D eigenvalue weighted by atomic mass is 16.2. The van der Waals surface area contributed by atoms with Crippen LogP contribution >= 0.6 is 0 Å². The molecule has 1 N–H and O–H groups in total. The highest BCUT2D eigenvalue weighted by molar-refractivity contribution is 5.94. The number of carbonyl (C=O) groups excluding carboxylic acids is 2. The number of urea groups is 1. The van der Waals surface area contributed by atoms with Gasteiger partial charge in [0.2, 0.25) is 0 Å². The molecule has 1 aliphatic rings. The summed E-state index contributed by atoms with van der Waals surface area (Å²) in [6, 6.07) is 3.11. The number of hydrogen-bond donors (Lipinski definition) is 1. The number of hydrogen-bond acceptors (Lipinski definition) is 3. The molecule has 0 bridgehead atoms. The summed E-state index contributed by atoms with van der Waals surface area (Å²) in [5.74, 6) is -0.272. The van der Waals surface area contributed by atoms with Gasteiger partial charge in [0, 0.05) is 46.0 Å². The number of pyridine rings is 1. The zero-order valence-corrected chi connectivity index (χ0v) is 12.3. The molecule has 0 aromatic carbocycles. The van der Waals surface area contributed by atoms with E-state index in [2.05, 4.69) is 5.32 Å². The van der Waals surface area contributed by atoms with Crippen LogP contribution in [-0.4, -0.2) is 59.0 Å². The Morgan fingerprint density at radius 2 is 1.81 bits per heavy atom. The maximum Gasteiger partial charge on any atom is 0.317 e. The van der Waals surface area contributed by atoms with Gasteiger partial charge in [-0.3, -0.25) is 9.59 Å². The number of amides is 3. The average molecular weight is 292 g/mol. The van der Waals surface area contributed by atoms with E-state index >= 15 is 0 Å². The standard InChI is InChI=1S/C14H20N4O3/c1-3-15-14(21)18-9-7-17(8-10-18)13(20)11-5-4-6-16(2)12(11)19/h4-6H,3,7-10H2,1-2H3,(H,15,21). The summed E-state index contributed by atoms with van der Waals surface area (Å²) in [6.45, 7) is 4.28. The van der Waals surface area contributed by atoms with Crippen molar-refractivity contribution in [2.24, 2.45) is 7.05 Å². The molecule has 0 atom stereocenters. The van der Waals surface area contributed by atoms with Crippen molar-refractivity contribution in [3.05, 3.63) is 34.2 Å². The fourth-order valence-corrected chi connectivity index (χ4v) is 2.31. The quantitative estimate of drug-likeness (QED) is 0.825. The molecular formula is C14H20N4O3. The molecular weight excluding hydrogens is 272 g/mol. The van der Waals surface area contributed by atoms with Gasteiger partial charge in [-0.05, 0) is 19.1 Å². The minimum atomic E-state index is -0.298. The highest BCUT2D eigenvalue weighted by Crippen LogP contribution is 2.06. The maximum atomic E-state index is 12.4. The van der Waals surface area contributed by atoms with Crippen LogP contribution in [0.25, 0.3) is 0 Å². The van der Waals surface area contributed by atoms with Gasteiger partial charge in [-0.25, -0.2) is 4.79 Å². The first kappa shape index (κ1) is 15.1. The third-order valence-corrected chi connectivity index (χ3v) is 3.54. The Labute approximate surface area is 123 Å². The minimum absolute atomic E-state index is 0.111. The molecule has 1 aliphatic heterocycles. The van der Waals surface area contributed by atoms with Crippen LogP contribution in [0.5, 0.6) is 0 Å². The molecule has 0 aliphatic carbocycles. The van der Waals surface area contributed by atoms with Gasteiger partial charge < -0.3 is 19.7 Å². The number of piperazine rings is 1. The highest BCUT2D eigenvalue weighted by Gasteiger charge is 2.25. The minimum Gasteiger partial charge on any atom is -0.338 e. The number of rotatable bonds is 2. The van der Waals surface area contributed by atoms with Crippen molar-refractivity contribution in [2.75, 3.05) is 32.7 Å². The molecule has 0 spiro atoms. The summed E-state index contributed by atoms with van der Waals surface area (Å²) in [4.78, 5) is 39.3. The Morgan fingerprint density at radius 3 is 2.43 bits per heavy atom. The van der Waals surface area contributed by atoms with E-state index in [0.717, 1.165) is 0 Å². The molecule has 1 aromatic rings. The Bertz CT molecular complexity index is 588. The van der Waals surface area contributed by atoms with Crippen LogP contribution < -0.4 is 10.9 Å². The molecule has 7 heteroatoms. The molecule has 0 unspecified atom stereocenters. The molecule has 114 valence electrons. The smallest absolute Gasteiger partial charge is 0.317 e. The van der Waals surface area contributed by atoms with Gasteiger partial charge in [-0.2, -0.15) is 0 Å². The second-order valence-corrected chi connectivity index (χ2v) is 4.95. The molecule has 2 heterocycles. The lowest BCUT2D eigenvalue weighted by atomic mass is 10.2. The topological polar surface area (TPSA) is 74.7 Å². The number of aryl methyl sites for hydroxylation is 1. The fraction of sp³-hybridized carbons (Fsp3) is 0.500. The molecule has 0 saturated carbocycles. The summed E-state index contributed by atoms with van der Waals surface area (Å²) in [5, 5.41) is 2.74. The van der Waals surface area contributed by atoms with Gasteiger partial charge in [-0.15, -0.1) is 0 Å². The lowest BCUT2D eigenvalue weighted by molar-refractivity contribution is 0.0663. The van der Waals surface area contributed by atoms with Gasteiger partial charge in [-0.1, -0.05) is 0 Å². The molecule has 1 aromatic heterocycles. The SMILES string of the molecule is CCNC(=O)N1CCN(C(=O)c2cccn(C)c2=O)CC1. The zero-order valence-electron chi connectivity index (χ0n) is 12.3. The first-order valence-electron chi connectivity index (χ1n) is 7.02. The zero-order chi connectivity index (χ0) is 15.4. The summed E-state index contributed by atoms with van der Waals surface area (Å²) < 4.78 is 1.39. The van der Waals surface area contributed by atoms with Crippen molar-refractivity contribution in [1.29, 1.82) is 0 Å². The first-order valence-corrected chi connectivity index (χ1v) is 7.02. The van der Waals surface area contributed by atoms with Gasteiger partial charge >= 0.3 is 6.03 Å². The number of nitrogens with one attached hydrogen (secondary N) is 1. The summed E-state index contributed by atoms with van der Waals surface area (Å²) in [5.41, 5.74) is -0.125. The monoisotopic (exact) mass is 292 g/mol. The maximum absolute atomic E-state index is 12.4. The molecule has 1 fully saturated rings. The Morgan fingerprint density at radius 1 is 1.19 bits per heavy atom. The van der Waals surface area contributed by atoms with E-state index in [9.17, 15) is 14.4 Å². The predicted molar refractivity (Wildman–Crippen MR) is 78.2 cm³/mol. The Hall–Kier alpha value is -2.31. The first-order chi connectivity index (χ1) is 10.0. The van der Waals surface area contributed by atoms with Crippen molar-refractivity contribution in [1.82, 2.24) is 19.7 Å². The lowest BCUT2D eigenvalue weighted by Crippen LogP contribution is -2.53. The molecule has 0 radical (unpaired) electrons. The van der Waals surface area contributed by atoms with Crippen molar-refractivity contribution in [3.8, 4) is 0 Å². The lowest BCUT2D eigenvalue weighted by Gasteiger charge is -2.34. The van der Waals surface area contributed by atoms with E-state index in [1.807, 2.05) is 6.92 Å². The van der Waals surface area contributed by atoms with E-state index < -0.39 is 0 Å². The van der Waals surface area contributed by atoms with Crippen LogP contribution in [0.4, 0.5) is 4.79 Å². The van der Waals surface area contributed by atoms with Gasteiger partial charge in [0.1, 0.15) is 5.56 Å². The van der Waals surface area contributed by atoms with Crippen LogP contribution in [0.2, 0.25) is 0 Å². The molecule has 2 rings (SSSR count). The third-order valence-electron chi connectivity index (χ3n) is 3.54. The second-order valence-electron chi connectivity index (χ2n) is 4.95. The van der Waals surface area contributed by atoms with Crippen molar-refractivity contribution >= 4 is 11.9 Å². The Balaban J connectivity index is 2.02. The average Bonchev–Trinajstić information content (AvgIpc) is 2.50. The molecule has 3 amide bonds. The van der Waals surface area contributed by atoms with Crippen LogP contribution in [0.15, 0.2) is 23.1 Å². The summed E-state index contributed by atoms with van der Waals surface area (Å²) in [7, 11) is 1.62. The number of aromatic nitrogens is 1. The van der Waals surface area contributed by atoms with E-state index in [1.165, 1.54) is 4.57 Å². The van der Waals surface area contributed by atoms with Gasteiger partial charge in [0.05, 0.1) is 0 Å². The van der Waals surface area contributed by atoms with E-state index in [0.29, 0.717) is 32.7 Å². The largest absolute Gasteiger partial charge is 0.338 e. The second kappa shape index (κ2) is 6.43. The van der Waals surface area contributed by atoms with Crippen molar-refractivity contribution in [3.63, 3.8) is 0 Å². The number of carbonyl (C=O) groups is 2. The normalized spacial score (nSPS) is 15.0. The Kier molecular flexibility index (Phi) is 4.62. The molecule has 21 heavy (non-hydrogen) atoms. The van der Waals surface area contributed by atoms with Crippen LogP contribution in [-0.2, 0) is 7.05 Å². The van der Waals surface area contributed by atoms with Gasteiger partial charge in [0.15, 0.2) is 0 Å². The fourth-order valence-electron chi connectivity index (χ4n) is 2.31.